The lowest BCUT2D eigenvalue weighted by atomic mass is 9.95. The molecule has 4 nitrogen and oxygen atoms in total. The zero-order valence-electron chi connectivity index (χ0n) is 11.6. The zero-order chi connectivity index (χ0) is 13.0. The van der Waals surface area contributed by atoms with E-state index in [9.17, 15) is 0 Å². The molecule has 0 saturated carbocycles. The van der Waals surface area contributed by atoms with E-state index in [1.807, 2.05) is 13.0 Å². The van der Waals surface area contributed by atoms with E-state index in [2.05, 4.69) is 29.1 Å². The number of nitrogens with one attached hydrogen (secondary N) is 1. The third-order valence-electron chi connectivity index (χ3n) is 3.41. The number of rotatable bonds is 4. The molecule has 1 aliphatic heterocycles. The highest BCUT2D eigenvalue weighted by atomic mass is 16.5. The molecular weight excluding hydrogens is 226 g/mol. The van der Waals surface area contributed by atoms with Crippen LogP contribution in [-0.2, 0) is 16.9 Å². The number of nitrogens with zero attached hydrogens (tertiary/aromatic N) is 2. The van der Waals surface area contributed by atoms with Crippen molar-refractivity contribution in [1.82, 2.24) is 15.3 Å². The van der Waals surface area contributed by atoms with Gasteiger partial charge in [-0.2, -0.15) is 0 Å². The minimum absolute atomic E-state index is 0.300. The zero-order valence-corrected chi connectivity index (χ0v) is 11.6. The largest absolute Gasteiger partial charge is 0.367 e. The summed E-state index contributed by atoms with van der Waals surface area (Å²) in [6, 6.07) is 2.04. The molecule has 0 amide bonds. The highest BCUT2D eigenvalue weighted by Crippen LogP contribution is 2.32. The van der Waals surface area contributed by atoms with Crippen molar-refractivity contribution < 1.29 is 4.74 Å². The average molecular weight is 249 g/mol. The number of hydrogen-bond donors (Lipinski definition) is 1. The highest BCUT2D eigenvalue weighted by molar-refractivity contribution is 5.14. The quantitative estimate of drug-likeness (QED) is 0.889. The monoisotopic (exact) mass is 249 g/mol. The molecule has 2 heterocycles. The standard InChI is InChI=1S/C14H23N3O/c1-4-15-10-12-9-11(2)16-13(17-12)14(3)7-5-6-8-18-14/h9,15H,4-8,10H2,1-3H3. The molecule has 2 rings (SSSR count). The molecule has 1 fully saturated rings. The molecule has 1 aromatic rings. The molecule has 4 heteroatoms. The third kappa shape index (κ3) is 3.06. The predicted octanol–water partition coefficient (Wildman–Crippen LogP) is 2.31. The Balaban J connectivity index is 2.23. The second-order valence-electron chi connectivity index (χ2n) is 5.14. The minimum Gasteiger partial charge on any atom is -0.367 e. The van der Waals surface area contributed by atoms with Gasteiger partial charge in [-0.25, -0.2) is 9.97 Å². The molecule has 0 aromatic carbocycles. The van der Waals surface area contributed by atoms with Crippen LogP contribution in [0.4, 0.5) is 0 Å². The van der Waals surface area contributed by atoms with Crippen LogP contribution in [0.25, 0.3) is 0 Å². The summed E-state index contributed by atoms with van der Waals surface area (Å²) in [7, 11) is 0. The summed E-state index contributed by atoms with van der Waals surface area (Å²) in [5.41, 5.74) is 1.77. The molecule has 1 N–H and O–H groups in total. The molecule has 1 atom stereocenters. The van der Waals surface area contributed by atoms with Crippen LogP contribution < -0.4 is 5.32 Å². The van der Waals surface area contributed by atoms with Crippen molar-refractivity contribution >= 4 is 0 Å². The van der Waals surface area contributed by atoms with Gasteiger partial charge in [0.2, 0.25) is 0 Å². The van der Waals surface area contributed by atoms with E-state index in [1.165, 1.54) is 6.42 Å². The summed E-state index contributed by atoms with van der Waals surface area (Å²) in [5.74, 6) is 0.843. The molecule has 1 aliphatic rings. The summed E-state index contributed by atoms with van der Waals surface area (Å²) in [4.78, 5) is 9.24. The van der Waals surface area contributed by atoms with Gasteiger partial charge in [0.05, 0.1) is 5.69 Å². The van der Waals surface area contributed by atoms with Gasteiger partial charge >= 0.3 is 0 Å². The van der Waals surface area contributed by atoms with E-state index in [0.717, 1.165) is 49.8 Å². The first-order chi connectivity index (χ1) is 8.64. The Morgan fingerprint density at radius 3 is 2.89 bits per heavy atom. The fourth-order valence-electron chi connectivity index (χ4n) is 2.32. The molecule has 0 radical (unpaired) electrons. The molecule has 1 unspecified atom stereocenters. The van der Waals surface area contributed by atoms with Crippen LogP contribution in [-0.4, -0.2) is 23.1 Å². The summed E-state index contributed by atoms with van der Waals surface area (Å²) < 4.78 is 5.92. The number of ether oxygens (including phenoxy) is 1. The minimum atomic E-state index is -0.300. The van der Waals surface area contributed by atoms with Crippen molar-refractivity contribution in [2.24, 2.45) is 0 Å². The summed E-state index contributed by atoms with van der Waals surface area (Å²) in [6.07, 6.45) is 3.35. The van der Waals surface area contributed by atoms with E-state index in [4.69, 9.17) is 4.74 Å². The topological polar surface area (TPSA) is 47.0 Å². The maximum absolute atomic E-state index is 5.92. The first kappa shape index (κ1) is 13.4. The van der Waals surface area contributed by atoms with Crippen molar-refractivity contribution in [2.75, 3.05) is 13.2 Å². The lowest BCUT2D eigenvalue weighted by Crippen LogP contribution is -2.33. The van der Waals surface area contributed by atoms with Crippen LogP contribution in [0.3, 0.4) is 0 Å². The molecule has 18 heavy (non-hydrogen) atoms. The Morgan fingerprint density at radius 1 is 1.39 bits per heavy atom. The van der Waals surface area contributed by atoms with Crippen molar-refractivity contribution in [3.05, 3.63) is 23.3 Å². The first-order valence-corrected chi connectivity index (χ1v) is 6.84. The van der Waals surface area contributed by atoms with Gasteiger partial charge in [-0.1, -0.05) is 6.92 Å². The molecule has 0 aliphatic carbocycles. The fourth-order valence-corrected chi connectivity index (χ4v) is 2.32. The maximum atomic E-state index is 5.92. The lowest BCUT2D eigenvalue weighted by Gasteiger charge is -2.32. The van der Waals surface area contributed by atoms with E-state index in [-0.39, 0.29) is 5.60 Å². The van der Waals surface area contributed by atoms with Crippen LogP contribution in [0.5, 0.6) is 0 Å². The molecule has 1 saturated heterocycles. The van der Waals surface area contributed by atoms with E-state index in [1.54, 1.807) is 0 Å². The number of hydrogen-bond acceptors (Lipinski definition) is 4. The van der Waals surface area contributed by atoms with E-state index >= 15 is 0 Å². The first-order valence-electron chi connectivity index (χ1n) is 6.84. The predicted molar refractivity (Wildman–Crippen MR) is 71.3 cm³/mol. The lowest BCUT2D eigenvalue weighted by molar-refractivity contribution is -0.0762. The normalized spacial score (nSPS) is 24.2. The second kappa shape index (κ2) is 5.76. The van der Waals surface area contributed by atoms with Gasteiger partial charge < -0.3 is 10.1 Å². The molecule has 0 spiro atoms. The second-order valence-corrected chi connectivity index (χ2v) is 5.14. The van der Waals surface area contributed by atoms with Gasteiger partial charge in [0.25, 0.3) is 0 Å². The van der Waals surface area contributed by atoms with Crippen molar-refractivity contribution in [3.63, 3.8) is 0 Å². The Hall–Kier alpha value is -1.00. The Morgan fingerprint density at radius 2 is 2.22 bits per heavy atom. The number of aromatic nitrogens is 2. The van der Waals surface area contributed by atoms with E-state index < -0.39 is 0 Å². The summed E-state index contributed by atoms with van der Waals surface area (Å²) in [5, 5.41) is 3.30. The Kier molecular flexibility index (Phi) is 4.30. The maximum Gasteiger partial charge on any atom is 0.160 e. The van der Waals surface area contributed by atoms with Crippen molar-refractivity contribution in [3.8, 4) is 0 Å². The smallest absolute Gasteiger partial charge is 0.160 e. The van der Waals surface area contributed by atoms with Crippen LogP contribution >= 0.6 is 0 Å². The molecular formula is C14H23N3O. The Bertz CT molecular complexity index is 400. The fraction of sp³-hybridized carbons (Fsp3) is 0.714. The van der Waals surface area contributed by atoms with Gasteiger partial charge in [-0.3, -0.25) is 0 Å². The summed E-state index contributed by atoms with van der Waals surface area (Å²) >= 11 is 0. The molecule has 1 aromatic heterocycles. The van der Waals surface area contributed by atoms with Crippen LogP contribution in [0.1, 0.15) is 50.3 Å². The van der Waals surface area contributed by atoms with Crippen LogP contribution in [0.2, 0.25) is 0 Å². The number of aryl methyl sites for hydroxylation is 1. The van der Waals surface area contributed by atoms with Crippen LogP contribution in [0, 0.1) is 6.92 Å². The molecule has 0 bridgehead atoms. The summed E-state index contributed by atoms with van der Waals surface area (Å²) in [6.45, 7) is 8.79. The van der Waals surface area contributed by atoms with Gasteiger partial charge in [-0.05, 0) is 45.7 Å². The van der Waals surface area contributed by atoms with Crippen molar-refractivity contribution in [1.29, 1.82) is 0 Å². The third-order valence-corrected chi connectivity index (χ3v) is 3.41. The van der Waals surface area contributed by atoms with Gasteiger partial charge in [0, 0.05) is 18.8 Å². The molecule has 100 valence electrons. The Labute approximate surface area is 109 Å². The van der Waals surface area contributed by atoms with Crippen LogP contribution in [0.15, 0.2) is 6.07 Å². The van der Waals surface area contributed by atoms with E-state index in [0.29, 0.717) is 0 Å². The van der Waals surface area contributed by atoms with Gasteiger partial charge in [0.1, 0.15) is 5.60 Å². The van der Waals surface area contributed by atoms with Crippen molar-refractivity contribution in [2.45, 2.75) is 52.2 Å². The average Bonchev–Trinajstić information content (AvgIpc) is 2.37. The van der Waals surface area contributed by atoms with Gasteiger partial charge in [0.15, 0.2) is 5.82 Å². The highest BCUT2D eigenvalue weighted by Gasteiger charge is 2.33. The SMILES string of the molecule is CCNCc1cc(C)nc(C2(C)CCCCO2)n1. The van der Waals surface area contributed by atoms with Gasteiger partial charge in [-0.15, -0.1) is 0 Å².